The Morgan fingerprint density at radius 1 is 1.16 bits per heavy atom. The second kappa shape index (κ2) is 8.42. The molecule has 2 rings (SSSR count). The summed E-state index contributed by atoms with van der Waals surface area (Å²) in [5, 5.41) is 3.02. The molecule has 0 aliphatic heterocycles. The Morgan fingerprint density at radius 2 is 1.80 bits per heavy atom. The molecule has 5 nitrogen and oxygen atoms in total. The van der Waals surface area contributed by atoms with Gasteiger partial charge in [-0.05, 0) is 18.2 Å². The molecule has 8 heteroatoms. The van der Waals surface area contributed by atoms with Gasteiger partial charge in [-0.25, -0.2) is 12.8 Å². The third kappa shape index (κ3) is 5.81. The Labute approximate surface area is 151 Å². The number of nitrogens with one attached hydrogen (secondary N) is 1. The summed E-state index contributed by atoms with van der Waals surface area (Å²) in [6.07, 6.45) is 0.951. The topological polar surface area (TPSA) is 66.5 Å². The van der Waals surface area contributed by atoms with Crippen LogP contribution >= 0.6 is 11.6 Å². The van der Waals surface area contributed by atoms with Crippen molar-refractivity contribution in [3.05, 3.63) is 64.9 Å². The molecule has 1 N–H and O–H groups in total. The summed E-state index contributed by atoms with van der Waals surface area (Å²) >= 11 is 5.97. The van der Waals surface area contributed by atoms with Crippen molar-refractivity contribution >= 4 is 33.2 Å². The van der Waals surface area contributed by atoms with Gasteiger partial charge in [-0.2, -0.15) is 4.31 Å². The van der Waals surface area contributed by atoms with Crippen LogP contribution in [0.5, 0.6) is 0 Å². The summed E-state index contributed by atoms with van der Waals surface area (Å²) in [5.41, 5.74) is 0.702. The van der Waals surface area contributed by atoms with E-state index >= 15 is 0 Å². The quantitative estimate of drug-likeness (QED) is 0.796. The van der Waals surface area contributed by atoms with Crippen molar-refractivity contribution in [2.24, 2.45) is 0 Å². The van der Waals surface area contributed by atoms with Gasteiger partial charge in [-0.1, -0.05) is 41.9 Å². The van der Waals surface area contributed by atoms with Gasteiger partial charge < -0.3 is 5.32 Å². The first-order valence-electron chi connectivity index (χ1n) is 7.50. The highest BCUT2D eigenvalue weighted by atomic mass is 35.5. The molecule has 0 bridgehead atoms. The van der Waals surface area contributed by atoms with Crippen LogP contribution in [0.4, 0.5) is 10.1 Å². The van der Waals surface area contributed by atoms with Crippen LogP contribution in [0.15, 0.2) is 48.5 Å². The highest BCUT2D eigenvalue weighted by Gasteiger charge is 2.20. The first kappa shape index (κ1) is 19.4. The number of hydrogen-bond acceptors (Lipinski definition) is 3. The third-order valence-corrected chi connectivity index (χ3v) is 5.09. The summed E-state index contributed by atoms with van der Waals surface area (Å²) in [6.45, 7) is -0.200. The lowest BCUT2D eigenvalue weighted by atomic mass is 10.2. The standard InChI is InChI=1S/C17H18ClFN2O3S/c1-25(23,24)21(12-13-6-2-4-8-15(13)19)11-10-17(22)20-16-9-5-3-7-14(16)18/h2-9H,10-12H2,1H3,(H,20,22). The monoisotopic (exact) mass is 384 g/mol. The van der Waals surface area contributed by atoms with Crippen LogP contribution in [0.2, 0.25) is 5.02 Å². The number of anilines is 1. The van der Waals surface area contributed by atoms with E-state index in [9.17, 15) is 17.6 Å². The van der Waals surface area contributed by atoms with Gasteiger partial charge in [0.15, 0.2) is 0 Å². The molecule has 25 heavy (non-hydrogen) atoms. The first-order chi connectivity index (χ1) is 11.8. The Hall–Kier alpha value is -1.96. The van der Waals surface area contributed by atoms with Gasteiger partial charge in [0, 0.05) is 25.1 Å². The van der Waals surface area contributed by atoms with Gasteiger partial charge in [-0.3, -0.25) is 4.79 Å². The van der Waals surface area contributed by atoms with Crippen molar-refractivity contribution in [2.45, 2.75) is 13.0 Å². The van der Waals surface area contributed by atoms with Crippen molar-refractivity contribution in [1.29, 1.82) is 0 Å². The van der Waals surface area contributed by atoms with E-state index in [2.05, 4.69) is 5.32 Å². The van der Waals surface area contributed by atoms with Crippen LogP contribution in [0, 0.1) is 5.82 Å². The highest BCUT2D eigenvalue weighted by Crippen LogP contribution is 2.20. The maximum atomic E-state index is 13.8. The molecule has 0 aromatic heterocycles. The zero-order valence-corrected chi connectivity index (χ0v) is 15.1. The van der Waals surface area contributed by atoms with E-state index < -0.39 is 15.8 Å². The molecule has 1 amide bonds. The smallest absolute Gasteiger partial charge is 0.225 e. The van der Waals surface area contributed by atoms with Gasteiger partial charge in [-0.15, -0.1) is 0 Å². The number of para-hydroxylation sites is 1. The lowest BCUT2D eigenvalue weighted by Gasteiger charge is -2.20. The molecule has 0 atom stereocenters. The van der Waals surface area contributed by atoms with Crippen molar-refractivity contribution in [2.75, 3.05) is 18.1 Å². The van der Waals surface area contributed by atoms with Gasteiger partial charge in [0.25, 0.3) is 0 Å². The SMILES string of the molecule is CS(=O)(=O)N(CCC(=O)Nc1ccccc1Cl)Cc1ccccc1F. The van der Waals surface area contributed by atoms with Crippen molar-refractivity contribution < 1.29 is 17.6 Å². The largest absolute Gasteiger partial charge is 0.325 e. The molecular formula is C17H18ClFN2O3S. The predicted molar refractivity (Wildman–Crippen MR) is 96.4 cm³/mol. The third-order valence-electron chi connectivity index (χ3n) is 3.51. The Bertz CT molecular complexity index is 858. The molecule has 2 aromatic rings. The van der Waals surface area contributed by atoms with Gasteiger partial charge in [0.05, 0.1) is 17.0 Å². The van der Waals surface area contributed by atoms with Gasteiger partial charge in [0.2, 0.25) is 15.9 Å². The molecule has 0 radical (unpaired) electrons. The normalized spacial score (nSPS) is 11.5. The molecule has 0 fully saturated rings. The molecule has 2 aromatic carbocycles. The Morgan fingerprint density at radius 3 is 2.44 bits per heavy atom. The molecule has 0 spiro atoms. The van der Waals surface area contributed by atoms with E-state index in [4.69, 9.17) is 11.6 Å². The van der Waals surface area contributed by atoms with E-state index in [1.807, 2.05) is 0 Å². The van der Waals surface area contributed by atoms with Crippen molar-refractivity contribution in [3.8, 4) is 0 Å². The second-order valence-corrected chi connectivity index (χ2v) is 7.86. The number of nitrogens with zero attached hydrogens (tertiary/aromatic N) is 1. The number of amides is 1. The summed E-state index contributed by atoms with van der Waals surface area (Å²) in [5.74, 6) is -0.869. The number of rotatable bonds is 7. The zero-order valence-electron chi connectivity index (χ0n) is 13.6. The molecule has 0 aliphatic rings. The van der Waals surface area contributed by atoms with Gasteiger partial charge >= 0.3 is 0 Å². The molecule has 0 heterocycles. The molecule has 0 saturated heterocycles. The fraction of sp³-hybridized carbons (Fsp3) is 0.235. The van der Waals surface area contributed by atoms with Crippen LogP contribution in [0.25, 0.3) is 0 Å². The first-order valence-corrected chi connectivity index (χ1v) is 9.73. The number of carbonyl (C=O) groups excluding carboxylic acids is 1. The van der Waals surface area contributed by atoms with Crippen molar-refractivity contribution in [1.82, 2.24) is 4.31 Å². The minimum atomic E-state index is -3.60. The van der Waals surface area contributed by atoms with Crippen molar-refractivity contribution in [3.63, 3.8) is 0 Å². The van der Waals surface area contributed by atoms with Crippen LogP contribution in [0.3, 0.4) is 0 Å². The molecule has 0 saturated carbocycles. The second-order valence-electron chi connectivity index (χ2n) is 5.47. The van der Waals surface area contributed by atoms with E-state index in [0.717, 1.165) is 10.6 Å². The molecular weight excluding hydrogens is 367 g/mol. The predicted octanol–water partition coefficient (Wildman–Crippen LogP) is 3.27. The average molecular weight is 385 g/mol. The zero-order chi connectivity index (χ0) is 18.4. The number of sulfonamides is 1. The Kier molecular flexibility index (Phi) is 6.52. The summed E-state index contributed by atoms with van der Waals surface area (Å²) in [4.78, 5) is 12.1. The maximum absolute atomic E-state index is 13.8. The average Bonchev–Trinajstić information content (AvgIpc) is 2.54. The van der Waals surface area contributed by atoms with E-state index in [1.165, 1.54) is 18.2 Å². The number of halogens is 2. The van der Waals surface area contributed by atoms with E-state index in [0.29, 0.717) is 10.7 Å². The maximum Gasteiger partial charge on any atom is 0.225 e. The number of carbonyl (C=O) groups is 1. The number of hydrogen-bond donors (Lipinski definition) is 1. The van der Waals surface area contributed by atoms with Crippen LogP contribution in [-0.4, -0.2) is 31.4 Å². The minimum absolute atomic E-state index is 0.0660. The van der Waals surface area contributed by atoms with E-state index in [-0.39, 0.29) is 31.0 Å². The fourth-order valence-corrected chi connectivity index (χ4v) is 3.16. The molecule has 0 unspecified atom stereocenters. The molecule has 134 valence electrons. The summed E-state index contributed by atoms with van der Waals surface area (Å²) in [6, 6.07) is 12.7. The Balaban J connectivity index is 2.02. The van der Waals surface area contributed by atoms with Crippen LogP contribution < -0.4 is 5.32 Å². The lowest BCUT2D eigenvalue weighted by Crippen LogP contribution is -2.33. The lowest BCUT2D eigenvalue weighted by molar-refractivity contribution is -0.116. The number of benzene rings is 2. The molecule has 0 aliphatic carbocycles. The summed E-state index contributed by atoms with van der Waals surface area (Å²) in [7, 11) is -3.60. The minimum Gasteiger partial charge on any atom is -0.325 e. The fourth-order valence-electron chi connectivity index (χ4n) is 2.18. The van der Waals surface area contributed by atoms with Gasteiger partial charge in [0.1, 0.15) is 5.82 Å². The van der Waals surface area contributed by atoms with Crippen LogP contribution in [0.1, 0.15) is 12.0 Å². The highest BCUT2D eigenvalue weighted by molar-refractivity contribution is 7.88. The van der Waals surface area contributed by atoms with Crippen LogP contribution in [-0.2, 0) is 21.4 Å². The van der Waals surface area contributed by atoms with E-state index in [1.54, 1.807) is 30.3 Å². The summed E-state index contributed by atoms with van der Waals surface area (Å²) < 4.78 is 38.7.